The van der Waals surface area contributed by atoms with Crippen molar-refractivity contribution in [1.29, 1.82) is 0 Å². The van der Waals surface area contributed by atoms with Crippen LogP contribution >= 0.6 is 0 Å². The molecule has 0 spiro atoms. The number of aryl methyl sites for hydroxylation is 1. The Kier molecular flexibility index (Phi) is 3.76. The molecule has 28 heavy (non-hydrogen) atoms. The zero-order chi connectivity index (χ0) is 19.1. The highest BCUT2D eigenvalue weighted by atomic mass is 16.7. The number of fused-ring (bicyclic) bond motifs is 2. The molecule has 1 aliphatic rings. The molecular weight excluding hydrogens is 354 g/mol. The number of pyridine rings is 1. The maximum atomic E-state index is 13.0. The van der Waals surface area contributed by atoms with Gasteiger partial charge >= 0.3 is 0 Å². The molecule has 0 radical (unpaired) electrons. The number of aromatic nitrogens is 2. The normalized spacial score (nSPS) is 12.3. The first-order chi connectivity index (χ1) is 13.7. The largest absolute Gasteiger partial charge is 0.454 e. The summed E-state index contributed by atoms with van der Waals surface area (Å²) in [7, 11) is 0. The zero-order valence-electron chi connectivity index (χ0n) is 15.2. The monoisotopic (exact) mass is 371 g/mol. The molecule has 0 fully saturated rings. The fourth-order valence-electron chi connectivity index (χ4n) is 3.28. The van der Waals surface area contributed by atoms with Crippen LogP contribution in [0.25, 0.3) is 16.9 Å². The Morgan fingerprint density at radius 2 is 1.86 bits per heavy atom. The van der Waals surface area contributed by atoms with E-state index in [4.69, 9.17) is 14.5 Å². The highest BCUT2D eigenvalue weighted by Crippen LogP contribution is 2.33. The predicted octanol–water partition coefficient (Wildman–Crippen LogP) is 4.29. The van der Waals surface area contributed by atoms with E-state index in [0.717, 1.165) is 22.5 Å². The van der Waals surface area contributed by atoms with Crippen molar-refractivity contribution in [2.24, 2.45) is 0 Å². The number of imidazole rings is 1. The van der Waals surface area contributed by atoms with Crippen molar-refractivity contribution in [3.8, 4) is 22.8 Å². The quantitative estimate of drug-likeness (QED) is 0.583. The first-order valence-corrected chi connectivity index (χ1v) is 8.94. The topological polar surface area (TPSA) is 64.9 Å². The SMILES string of the molecule is Cc1ccn2c(NC(=O)c3ccc4c(c3)OCO4)c(-c3ccccc3)nc2c1. The molecule has 0 bridgehead atoms. The summed E-state index contributed by atoms with van der Waals surface area (Å²) in [6.45, 7) is 2.19. The van der Waals surface area contributed by atoms with Gasteiger partial charge in [-0.2, -0.15) is 0 Å². The molecule has 6 heteroatoms. The fraction of sp³-hybridized carbons (Fsp3) is 0.0909. The second-order valence-corrected chi connectivity index (χ2v) is 6.63. The smallest absolute Gasteiger partial charge is 0.256 e. The highest BCUT2D eigenvalue weighted by Gasteiger charge is 2.20. The molecule has 6 nitrogen and oxygen atoms in total. The Morgan fingerprint density at radius 1 is 1.04 bits per heavy atom. The van der Waals surface area contributed by atoms with Crippen molar-refractivity contribution in [2.45, 2.75) is 6.92 Å². The summed E-state index contributed by atoms with van der Waals surface area (Å²) in [4.78, 5) is 17.7. The van der Waals surface area contributed by atoms with E-state index >= 15 is 0 Å². The van der Waals surface area contributed by atoms with E-state index in [1.54, 1.807) is 18.2 Å². The van der Waals surface area contributed by atoms with E-state index in [-0.39, 0.29) is 12.7 Å². The lowest BCUT2D eigenvalue weighted by atomic mass is 10.1. The van der Waals surface area contributed by atoms with Gasteiger partial charge in [-0.1, -0.05) is 30.3 Å². The van der Waals surface area contributed by atoms with E-state index < -0.39 is 0 Å². The van der Waals surface area contributed by atoms with Crippen LogP contribution in [0.3, 0.4) is 0 Å². The molecule has 2 aromatic carbocycles. The molecule has 1 amide bonds. The van der Waals surface area contributed by atoms with Crippen LogP contribution in [-0.4, -0.2) is 22.1 Å². The Balaban J connectivity index is 1.58. The van der Waals surface area contributed by atoms with Gasteiger partial charge in [-0.3, -0.25) is 9.20 Å². The summed E-state index contributed by atoms with van der Waals surface area (Å²) < 4.78 is 12.6. The van der Waals surface area contributed by atoms with Crippen molar-refractivity contribution < 1.29 is 14.3 Å². The van der Waals surface area contributed by atoms with Crippen LogP contribution in [0.5, 0.6) is 11.5 Å². The van der Waals surface area contributed by atoms with Gasteiger partial charge in [0.2, 0.25) is 6.79 Å². The number of nitrogens with zero attached hydrogens (tertiary/aromatic N) is 2. The number of hydrogen-bond acceptors (Lipinski definition) is 4. The Hall–Kier alpha value is -3.80. The fourth-order valence-corrected chi connectivity index (χ4v) is 3.28. The number of hydrogen-bond donors (Lipinski definition) is 1. The van der Waals surface area contributed by atoms with Crippen molar-refractivity contribution in [1.82, 2.24) is 9.38 Å². The molecule has 3 heterocycles. The van der Waals surface area contributed by atoms with Gasteiger partial charge in [0.15, 0.2) is 11.5 Å². The van der Waals surface area contributed by atoms with Gasteiger partial charge in [0.1, 0.15) is 17.2 Å². The maximum absolute atomic E-state index is 13.0. The van der Waals surface area contributed by atoms with Gasteiger partial charge < -0.3 is 14.8 Å². The number of carbonyl (C=O) groups is 1. The van der Waals surface area contributed by atoms with Crippen molar-refractivity contribution in [2.75, 3.05) is 12.1 Å². The second kappa shape index (κ2) is 6.42. The Labute approximate surface area is 161 Å². The minimum Gasteiger partial charge on any atom is -0.454 e. The van der Waals surface area contributed by atoms with E-state index in [0.29, 0.717) is 22.9 Å². The van der Waals surface area contributed by atoms with Crippen molar-refractivity contribution in [3.05, 3.63) is 78.0 Å². The summed E-state index contributed by atoms with van der Waals surface area (Å²) in [5.74, 6) is 1.61. The molecule has 0 unspecified atom stereocenters. The number of rotatable bonds is 3. The lowest BCUT2D eigenvalue weighted by Crippen LogP contribution is -2.14. The molecule has 4 aromatic rings. The van der Waals surface area contributed by atoms with Crippen LogP contribution in [0.1, 0.15) is 15.9 Å². The Bertz CT molecular complexity index is 1200. The average Bonchev–Trinajstić information content (AvgIpc) is 3.32. The third kappa shape index (κ3) is 2.75. The Morgan fingerprint density at radius 3 is 2.71 bits per heavy atom. The van der Waals surface area contributed by atoms with Gasteiger partial charge in [-0.25, -0.2) is 4.98 Å². The number of benzene rings is 2. The van der Waals surface area contributed by atoms with E-state index in [9.17, 15) is 4.79 Å². The van der Waals surface area contributed by atoms with Crippen LogP contribution in [0.15, 0.2) is 66.9 Å². The molecule has 0 aliphatic carbocycles. The zero-order valence-corrected chi connectivity index (χ0v) is 15.2. The first kappa shape index (κ1) is 16.4. The summed E-state index contributed by atoms with van der Waals surface area (Å²) in [6, 6.07) is 18.9. The molecule has 2 aromatic heterocycles. The summed E-state index contributed by atoms with van der Waals surface area (Å²) in [5.41, 5.74) is 4.03. The lowest BCUT2D eigenvalue weighted by Gasteiger charge is -2.09. The van der Waals surface area contributed by atoms with Gasteiger partial charge in [0.05, 0.1) is 0 Å². The van der Waals surface area contributed by atoms with Crippen molar-refractivity contribution in [3.63, 3.8) is 0 Å². The standard InChI is InChI=1S/C22H17N3O3/c1-14-9-10-25-19(11-14)23-20(15-5-3-2-4-6-15)21(25)24-22(26)16-7-8-17-18(12-16)28-13-27-17/h2-12H,13H2,1H3,(H,24,26). The van der Waals surface area contributed by atoms with E-state index in [1.165, 1.54) is 0 Å². The van der Waals surface area contributed by atoms with Crippen molar-refractivity contribution >= 4 is 17.4 Å². The number of amides is 1. The number of ether oxygens (including phenoxy) is 2. The molecule has 1 N–H and O–H groups in total. The van der Waals surface area contributed by atoms with Crippen LogP contribution < -0.4 is 14.8 Å². The highest BCUT2D eigenvalue weighted by molar-refractivity contribution is 6.06. The summed E-state index contributed by atoms with van der Waals surface area (Å²) in [6.07, 6.45) is 1.92. The molecule has 5 rings (SSSR count). The third-order valence-corrected chi connectivity index (χ3v) is 4.70. The molecule has 1 aliphatic heterocycles. The van der Waals surface area contributed by atoms with Crippen LogP contribution in [0, 0.1) is 6.92 Å². The van der Waals surface area contributed by atoms with Gasteiger partial charge in [0, 0.05) is 17.3 Å². The maximum Gasteiger partial charge on any atom is 0.256 e. The minimum absolute atomic E-state index is 0.172. The molecule has 0 saturated carbocycles. The summed E-state index contributed by atoms with van der Waals surface area (Å²) >= 11 is 0. The minimum atomic E-state index is -0.238. The molecule has 138 valence electrons. The number of anilines is 1. The number of carbonyl (C=O) groups excluding carboxylic acids is 1. The van der Waals surface area contributed by atoms with E-state index in [1.807, 2.05) is 60.0 Å². The predicted molar refractivity (Wildman–Crippen MR) is 106 cm³/mol. The molecular formula is C22H17N3O3. The van der Waals surface area contributed by atoms with Gasteiger partial charge in [-0.05, 0) is 42.8 Å². The van der Waals surface area contributed by atoms with Gasteiger partial charge in [-0.15, -0.1) is 0 Å². The average molecular weight is 371 g/mol. The lowest BCUT2D eigenvalue weighted by molar-refractivity contribution is 0.102. The second-order valence-electron chi connectivity index (χ2n) is 6.63. The van der Waals surface area contributed by atoms with Crippen LogP contribution in [0.2, 0.25) is 0 Å². The third-order valence-electron chi connectivity index (χ3n) is 4.70. The van der Waals surface area contributed by atoms with Gasteiger partial charge in [0.25, 0.3) is 5.91 Å². The number of nitrogens with one attached hydrogen (secondary N) is 1. The molecule has 0 atom stereocenters. The van der Waals surface area contributed by atoms with Crippen LogP contribution in [0.4, 0.5) is 5.82 Å². The van der Waals surface area contributed by atoms with Crippen LogP contribution in [-0.2, 0) is 0 Å². The van der Waals surface area contributed by atoms with E-state index in [2.05, 4.69) is 5.32 Å². The summed E-state index contributed by atoms with van der Waals surface area (Å²) in [5, 5.41) is 3.02. The molecule has 0 saturated heterocycles. The first-order valence-electron chi connectivity index (χ1n) is 8.94.